The number of hydrogen-bond donors (Lipinski definition) is 1. The smallest absolute Gasteiger partial charge is 0.416 e. The third-order valence-corrected chi connectivity index (χ3v) is 7.64. The zero-order valence-electron chi connectivity index (χ0n) is 22.4. The van der Waals surface area contributed by atoms with Gasteiger partial charge in [0.15, 0.2) is 6.61 Å². The van der Waals surface area contributed by atoms with Crippen molar-refractivity contribution in [2.24, 2.45) is 5.16 Å². The molecule has 0 amide bonds. The first-order valence-electron chi connectivity index (χ1n) is 12.8. The predicted octanol–water partition coefficient (Wildman–Crippen LogP) is 8.37. The van der Waals surface area contributed by atoms with Crippen molar-refractivity contribution in [1.82, 2.24) is 0 Å². The van der Waals surface area contributed by atoms with Crippen LogP contribution in [0.1, 0.15) is 58.9 Å². The normalized spacial score (nSPS) is 12.2. The molecular formula is C31H30F3NO4S. The molecule has 210 valence electrons. The lowest BCUT2D eigenvalue weighted by atomic mass is 9.95. The molecular weight excluding hydrogens is 539 g/mol. The van der Waals surface area contributed by atoms with Crippen LogP contribution in [-0.4, -0.2) is 23.4 Å². The molecule has 4 rings (SSSR count). The van der Waals surface area contributed by atoms with E-state index in [1.54, 1.807) is 18.2 Å². The first-order chi connectivity index (χ1) is 19.0. The summed E-state index contributed by atoms with van der Waals surface area (Å²) in [5.74, 6) is -0.474. The van der Waals surface area contributed by atoms with Crippen molar-refractivity contribution >= 4 is 33.1 Å². The van der Waals surface area contributed by atoms with Crippen molar-refractivity contribution in [2.75, 3.05) is 6.61 Å². The van der Waals surface area contributed by atoms with E-state index >= 15 is 0 Å². The minimum absolute atomic E-state index is 0.128. The van der Waals surface area contributed by atoms with E-state index in [-0.39, 0.29) is 12.5 Å². The highest BCUT2D eigenvalue weighted by molar-refractivity contribution is 7.19. The van der Waals surface area contributed by atoms with Crippen LogP contribution in [0.5, 0.6) is 5.75 Å². The summed E-state index contributed by atoms with van der Waals surface area (Å²) in [4.78, 5) is 17.6. The van der Waals surface area contributed by atoms with E-state index in [1.165, 1.54) is 17.4 Å². The Morgan fingerprint density at radius 1 is 1.05 bits per heavy atom. The monoisotopic (exact) mass is 569 g/mol. The summed E-state index contributed by atoms with van der Waals surface area (Å²) in [5, 5.41) is 14.2. The van der Waals surface area contributed by atoms with Crippen LogP contribution in [0, 0.1) is 6.92 Å². The maximum Gasteiger partial charge on any atom is 0.416 e. The van der Waals surface area contributed by atoms with E-state index in [9.17, 15) is 18.0 Å². The minimum Gasteiger partial charge on any atom is -0.482 e. The number of benzene rings is 3. The number of halogens is 3. The lowest BCUT2D eigenvalue weighted by molar-refractivity contribution is -0.139. The molecule has 0 aliphatic heterocycles. The van der Waals surface area contributed by atoms with E-state index in [1.807, 2.05) is 57.2 Å². The topological polar surface area (TPSA) is 68.1 Å². The second-order valence-corrected chi connectivity index (χ2v) is 10.9. The van der Waals surface area contributed by atoms with Crippen molar-refractivity contribution in [1.29, 1.82) is 0 Å². The lowest BCUT2D eigenvalue weighted by Crippen LogP contribution is -2.11. The fraction of sp³-hybridized carbons (Fsp3) is 0.290. The highest BCUT2D eigenvalue weighted by Gasteiger charge is 2.31. The minimum atomic E-state index is -4.40. The van der Waals surface area contributed by atoms with E-state index in [4.69, 9.17) is 14.7 Å². The molecule has 0 unspecified atom stereocenters. The molecule has 0 aliphatic carbocycles. The molecule has 0 radical (unpaired) electrons. The molecule has 1 N–H and O–H groups in total. The van der Waals surface area contributed by atoms with Gasteiger partial charge in [0.1, 0.15) is 12.4 Å². The molecule has 0 aliphatic rings. The molecule has 0 saturated carbocycles. The first-order valence-corrected chi connectivity index (χ1v) is 13.7. The first kappa shape index (κ1) is 29.1. The average molecular weight is 570 g/mol. The number of carbonyl (C=O) groups is 1. The van der Waals surface area contributed by atoms with Crippen LogP contribution in [0.2, 0.25) is 0 Å². The Morgan fingerprint density at radius 2 is 1.80 bits per heavy atom. The summed E-state index contributed by atoms with van der Waals surface area (Å²) in [6.07, 6.45) is -3.34. The van der Waals surface area contributed by atoms with Crippen molar-refractivity contribution in [3.63, 3.8) is 0 Å². The van der Waals surface area contributed by atoms with Gasteiger partial charge in [-0.2, -0.15) is 13.2 Å². The van der Waals surface area contributed by atoms with Gasteiger partial charge in [0.25, 0.3) is 0 Å². The summed E-state index contributed by atoms with van der Waals surface area (Å²) in [5.41, 5.74) is 3.57. The molecule has 0 bridgehead atoms. The number of alkyl halides is 3. The van der Waals surface area contributed by atoms with E-state index in [0.29, 0.717) is 29.0 Å². The van der Waals surface area contributed by atoms with Crippen LogP contribution in [0.25, 0.3) is 10.1 Å². The van der Waals surface area contributed by atoms with Crippen LogP contribution in [0.15, 0.2) is 71.9 Å². The van der Waals surface area contributed by atoms with Crippen LogP contribution in [0.3, 0.4) is 0 Å². The number of thiophene rings is 1. The van der Waals surface area contributed by atoms with Crippen molar-refractivity contribution in [3.8, 4) is 5.75 Å². The number of aryl methyl sites for hydroxylation is 2. The maximum atomic E-state index is 13.4. The van der Waals surface area contributed by atoms with Gasteiger partial charge in [-0.3, -0.25) is 0 Å². The van der Waals surface area contributed by atoms with Gasteiger partial charge in [-0.05, 0) is 83.7 Å². The Hall–Kier alpha value is -3.85. The van der Waals surface area contributed by atoms with Gasteiger partial charge in [-0.25, -0.2) is 4.79 Å². The Labute approximate surface area is 234 Å². The third kappa shape index (κ3) is 7.21. The summed E-state index contributed by atoms with van der Waals surface area (Å²) in [6, 6.07) is 19.0. The lowest BCUT2D eigenvalue weighted by Gasteiger charge is -2.13. The second-order valence-electron chi connectivity index (χ2n) is 9.76. The van der Waals surface area contributed by atoms with Gasteiger partial charge < -0.3 is 14.7 Å². The molecule has 1 aromatic heterocycles. The highest BCUT2D eigenvalue weighted by atomic mass is 32.1. The number of fused-ring (bicyclic) bond motifs is 1. The zero-order valence-corrected chi connectivity index (χ0v) is 23.2. The quantitative estimate of drug-likeness (QED) is 0.146. The molecule has 0 fully saturated rings. The number of carboxylic acids is 1. The van der Waals surface area contributed by atoms with Crippen molar-refractivity contribution < 1.29 is 32.6 Å². The van der Waals surface area contributed by atoms with Crippen LogP contribution in [0.4, 0.5) is 13.2 Å². The Kier molecular flexibility index (Phi) is 9.14. The fourth-order valence-corrected chi connectivity index (χ4v) is 5.93. The predicted molar refractivity (Wildman–Crippen MR) is 151 cm³/mol. The summed E-state index contributed by atoms with van der Waals surface area (Å²) >= 11 is 1.38. The summed E-state index contributed by atoms with van der Waals surface area (Å²) < 4.78 is 46.0. The van der Waals surface area contributed by atoms with Crippen LogP contribution < -0.4 is 4.74 Å². The number of rotatable bonds is 11. The molecule has 3 aromatic carbocycles. The van der Waals surface area contributed by atoms with Gasteiger partial charge >= 0.3 is 12.1 Å². The summed E-state index contributed by atoms with van der Waals surface area (Å²) in [7, 11) is 0. The van der Waals surface area contributed by atoms with Gasteiger partial charge in [0, 0.05) is 9.58 Å². The van der Waals surface area contributed by atoms with Gasteiger partial charge in [0.05, 0.1) is 11.3 Å². The van der Waals surface area contributed by atoms with Gasteiger partial charge in [0.2, 0.25) is 0 Å². The van der Waals surface area contributed by atoms with E-state index < -0.39 is 24.3 Å². The number of aliphatic carboxylic acids is 1. The van der Waals surface area contributed by atoms with E-state index in [0.717, 1.165) is 38.6 Å². The van der Waals surface area contributed by atoms with E-state index in [2.05, 4.69) is 5.16 Å². The number of oxime groups is 1. The molecule has 0 saturated heterocycles. The van der Waals surface area contributed by atoms with Crippen molar-refractivity contribution in [3.05, 3.63) is 99.4 Å². The molecule has 9 heteroatoms. The van der Waals surface area contributed by atoms with Crippen LogP contribution in [-0.2, 0) is 28.8 Å². The second kappa shape index (κ2) is 12.6. The average Bonchev–Trinajstić information content (AvgIpc) is 3.28. The Morgan fingerprint density at radius 3 is 2.45 bits per heavy atom. The van der Waals surface area contributed by atoms with Gasteiger partial charge in [-0.15, -0.1) is 11.3 Å². The Balaban J connectivity index is 1.63. The highest BCUT2D eigenvalue weighted by Crippen LogP contribution is 2.40. The standard InChI is InChI=1S/C31H30F3NO4S/c1-19(2)30-24-11-10-23(31(32,33)34)16-28(24)40-27(30)14-12-25(35-39-17-21-7-5-4-6-8-21)22-9-13-26(20(3)15-22)38-18-29(36)37/h4-11,13,15-16,19H,12,14,17-18H2,1-3H3,(H,36,37). The zero-order chi connectivity index (χ0) is 28.9. The molecule has 1 heterocycles. The van der Waals surface area contributed by atoms with Crippen LogP contribution >= 0.6 is 11.3 Å². The summed E-state index contributed by atoms with van der Waals surface area (Å²) in [6.45, 7) is 5.74. The molecule has 0 spiro atoms. The molecule has 0 atom stereocenters. The number of ether oxygens (including phenoxy) is 1. The number of nitrogens with zero attached hydrogens (tertiary/aromatic N) is 1. The number of carboxylic acid groups (broad SMARTS) is 1. The largest absolute Gasteiger partial charge is 0.482 e. The fourth-order valence-electron chi connectivity index (χ4n) is 4.53. The molecule has 40 heavy (non-hydrogen) atoms. The number of hydrogen-bond acceptors (Lipinski definition) is 5. The molecule has 4 aromatic rings. The Bertz CT molecular complexity index is 1510. The molecule has 5 nitrogen and oxygen atoms in total. The SMILES string of the molecule is Cc1cc(C(CCc2sc3cc(C(F)(F)F)ccc3c2C(C)C)=NOCc2ccccc2)ccc1OCC(=O)O. The third-order valence-electron chi connectivity index (χ3n) is 6.41. The van der Waals surface area contributed by atoms with Crippen molar-refractivity contribution in [2.45, 2.75) is 52.3 Å². The van der Waals surface area contributed by atoms with Gasteiger partial charge in [-0.1, -0.05) is 55.4 Å². The maximum absolute atomic E-state index is 13.4.